The lowest BCUT2D eigenvalue weighted by Gasteiger charge is -2.11. The number of methoxy groups -OCH3 is 1. The fourth-order valence-electron chi connectivity index (χ4n) is 2.57. The summed E-state index contributed by atoms with van der Waals surface area (Å²) in [5.41, 5.74) is 2.92. The largest absolute Gasteiger partial charge is 0.481 e. The zero-order valence-corrected chi connectivity index (χ0v) is 14.7. The predicted molar refractivity (Wildman–Crippen MR) is 97.5 cm³/mol. The van der Waals surface area contributed by atoms with Crippen LogP contribution in [-0.2, 0) is 4.74 Å². The number of carbonyl (C=O) groups is 1. The molecule has 2 amide bonds. The lowest BCUT2D eigenvalue weighted by molar-refractivity contribution is -0.122. The van der Waals surface area contributed by atoms with Crippen LogP contribution >= 0.6 is 0 Å². The van der Waals surface area contributed by atoms with Gasteiger partial charge in [0.05, 0.1) is 19.0 Å². The van der Waals surface area contributed by atoms with Crippen molar-refractivity contribution in [3.8, 4) is 11.3 Å². The van der Waals surface area contributed by atoms with Crippen molar-refractivity contribution < 1.29 is 22.7 Å². The highest BCUT2D eigenvalue weighted by molar-refractivity contribution is 5.92. The summed E-state index contributed by atoms with van der Waals surface area (Å²) in [6, 6.07) is 9.10. The fourth-order valence-corrected chi connectivity index (χ4v) is 2.57. The van der Waals surface area contributed by atoms with E-state index in [0.717, 1.165) is 0 Å². The minimum absolute atomic E-state index is 0.0168. The maximum absolute atomic E-state index is 12.2. The summed E-state index contributed by atoms with van der Waals surface area (Å²) in [4.78, 5) is 15.9. The monoisotopic (exact) mass is 391 g/mol. The van der Waals surface area contributed by atoms with Crippen LogP contribution in [0.4, 0.5) is 23.7 Å². The van der Waals surface area contributed by atoms with E-state index in [4.69, 9.17) is 10.1 Å². The van der Waals surface area contributed by atoms with Gasteiger partial charge in [0, 0.05) is 23.0 Å². The number of hydrogen-bond acceptors (Lipinski definition) is 4. The van der Waals surface area contributed by atoms with E-state index in [1.807, 2.05) is 0 Å². The highest BCUT2D eigenvalue weighted by atomic mass is 19.4. The summed E-state index contributed by atoms with van der Waals surface area (Å²) >= 11 is 0. The molecule has 3 aromatic rings. The number of nitrogens with one attached hydrogen (secondary N) is 3. The lowest BCUT2D eigenvalue weighted by atomic mass is 10.1. The molecule has 0 aliphatic heterocycles. The van der Waals surface area contributed by atoms with Crippen molar-refractivity contribution in [2.75, 3.05) is 19.0 Å². The number of halogens is 3. The molecule has 1 aromatic carbocycles. The Morgan fingerprint density at radius 1 is 1.29 bits per heavy atom. The average molecular weight is 391 g/mol. The van der Waals surface area contributed by atoms with Crippen molar-refractivity contribution in [1.29, 1.82) is 5.41 Å². The van der Waals surface area contributed by atoms with E-state index < -0.39 is 18.8 Å². The van der Waals surface area contributed by atoms with Crippen LogP contribution < -0.4 is 10.6 Å². The number of urea groups is 1. The van der Waals surface area contributed by atoms with Gasteiger partial charge in [0.1, 0.15) is 12.2 Å². The zero-order chi connectivity index (χ0) is 20.3. The van der Waals surface area contributed by atoms with Crippen LogP contribution in [0.1, 0.15) is 5.56 Å². The number of anilines is 1. The van der Waals surface area contributed by atoms with Crippen molar-refractivity contribution in [3.05, 3.63) is 54.4 Å². The average Bonchev–Trinajstić information content (AvgIpc) is 3.08. The van der Waals surface area contributed by atoms with Gasteiger partial charge in [-0.25, -0.2) is 9.78 Å². The van der Waals surface area contributed by atoms with Gasteiger partial charge in [-0.1, -0.05) is 12.1 Å². The molecule has 2 aromatic heterocycles. The molecule has 0 aliphatic carbocycles. The molecule has 0 spiro atoms. The number of aromatic nitrogens is 2. The van der Waals surface area contributed by atoms with Crippen LogP contribution in [0.3, 0.4) is 0 Å². The van der Waals surface area contributed by atoms with Crippen LogP contribution in [0.15, 0.2) is 48.8 Å². The third-order valence-electron chi connectivity index (χ3n) is 3.85. The zero-order valence-electron chi connectivity index (χ0n) is 14.7. The van der Waals surface area contributed by atoms with Gasteiger partial charge in [0.2, 0.25) is 5.90 Å². The third kappa shape index (κ3) is 4.40. The maximum atomic E-state index is 12.2. The summed E-state index contributed by atoms with van der Waals surface area (Å²) < 4.78 is 43.2. The van der Waals surface area contributed by atoms with Gasteiger partial charge in [-0.05, 0) is 24.3 Å². The number of pyridine rings is 1. The Morgan fingerprint density at radius 3 is 2.79 bits per heavy atom. The van der Waals surface area contributed by atoms with Gasteiger partial charge in [0.15, 0.2) is 0 Å². The van der Waals surface area contributed by atoms with Crippen LogP contribution in [0, 0.1) is 5.41 Å². The van der Waals surface area contributed by atoms with Crippen molar-refractivity contribution in [3.63, 3.8) is 0 Å². The van der Waals surface area contributed by atoms with Gasteiger partial charge >= 0.3 is 12.2 Å². The minimum Gasteiger partial charge on any atom is -0.481 e. The Bertz CT molecular complexity index is 1030. The van der Waals surface area contributed by atoms with Gasteiger partial charge in [-0.2, -0.15) is 13.2 Å². The quantitative estimate of drug-likeness (QED) is 0.468. The number of amides is 2. The molecule has 0 saturated heterocycles. The van der Waals surface area contributed by atoms with Gasteiger partial charge < -0.3 is 15.4 Å². The number of nitrogens with zero attached hydrogens (tertiary/aromatic N) is 2. The van der Waals surface area contributed by atoms with Crippen molar-refractivity contribution in [2.45, 2.75) is 6.18 Å². The first-order chi connectivity index (χ1) is 13.3. The van der Waals surface area contributed by atoms with Crippen molar-refractivity contribution in [1.82, 2.24) is 14.7 Å². The van der Waals surface area contributed by atoms with Crippen LogP contribution in [-0.4, -0.2) is 41.1 Å². The van der Waals surface area contributed by atoms with E-state index in [0.29, 0.717) is 28.2 Å². The first kappa shape index (κ1) is 19.2. The van der Waals surface area contributed by atoms with E-state index in [1.54, 1.807) is 58.5 Å². The molecule has 7 nitrogen and oxygen atoms in total. The number of ether oxygens (including phenoxy) is 1. The Hall–Kier alpha value is -3.56. The number of benzene rings is 1. The number of alkyl halides is 3. The SMILES string of the molecule is COC(=N)c1ccn2c(-c3cccc(NC(=O)NCC(F)(F)F)c3)cnc2c1. The van der Waals surface area contributed by atoms with Gasteiger partial charge in [0.25, 0.3) is 0 Å². The Labute approximate surface area is 157 Å². The van der Waals surface area contributed by atoms with E-state index in [2.05, 4.69) is 10.3 Å². The Kier molecular flexibility index (Phi) is 5.21. The molecule has 28 heavy (non-hydrogen) atoms. The van der Waals surface area contributed by atoms with Crippen LogP contribution in [0.25, 0.3) is 16.9 Å². The summed E-state index contributed by atoms with van der Waals surface area (Å²) in [5, 5.41) is 11.8. The molecule has 0 saturated carbocycles. The highest BCUT2D eigenvalue weighted by Gasteiger charge is 2.27. The summed E-state index contributed by atoms with van der Waals surface area (Å²) in [7, 11) is 1.41. The summed E-state index contributed by atoms with van der Waals surface area (Å²) in [6.07, 6.45) is -1.12. The van der Waals surface area contributed by atoms with Gasteiger partial charge in [-0.15, -0.1) is 0 Å². The first-order valence-corrected chi connectivity index (χ1v) is 8.09. The Morgan fingerprint density at radius 2 is 2.07 bits per heavy atom. The molecule has 0 fully saturated rings. The smallest absolute Gasteiger partial charge is 0.405 e. The molecule has 0 aliphatic rings. The van der Waals surface area contributed by atoms with Gasteiger partial charge in [-0.3, -0.25) is 9.81 Å². The molecule has 10 heteroatoms. The number of rotatable bonds is 4. The molecule has 3 N–H and O–H groups in total. The molecule has 146 valence electrons. The maximum Gasteiger partial charge on any atom is 0.405 e. The van der Waals surface area contributed by atoms with E-state index >= 15 is 0 Å². The molecular formula is C18H16F3N5O2. The molecule has 0 radical (unpaired) electrons. The van der Waals surface area contributed by atoms with E-state index in [-0.39, 0.29) is 5.90 Å². The second kappa shape index (κ2) is 7.59. The predicted octanol–water partition coefficient (Wildman–Crippen LogP) is 3.66. The van der Waals surface area contributed by atoms with E-state index in [9.17, 15) is 18.0 Å². The molecule has 0 unspecified atom stereocenters. The fraction of sp³-hybridized carbons (Fsp3) is 0.167. The first-order valence-electron chi connectivity index (χ1n) is 8.09. The van der Waals surface area contributed by atoms with Crippen LogP contribution in [0.2, 0.25) is 0 Å². The Balaban J connectivity index is 1.82. The van der Waals surface area contributed by atoms with Crippen molar-refractivity contribution >= 4 is 23.3 Å². The number of hydrogen-bond donors (Lipinski definition) is 3. The summed E-state index contributed by atoms with van der Waals surface area (Å²) in [6.45, 7) is -1.41. The second-order valence-electron chi connectivity index (χ2n) is 5.82. The number of fused-ring (bicyclic) bond motifs is 1. The highest BCUT2D eigenvalue weighted by Crippen LogP contribution is 2.24. The molecular weight excluding hydrogens is 375 g/mol. The lowest BCUT2D eigenvalue weighted by Crippen LogP contribution is -2.36. The van der Waals surface area contributed by atoms with Crippen molar-refractivity contribution in [2.24, 2.45) is 0 Å². The van der Waals surface area contributed by atoms with Crippen LogP contribution in [0.5, 0.6) is 0 Å². The minimum atomic E-state index is -4.48. The summed E-state index contributed by atoms with van der Waals surface area (Å²) in [5.74, 6) is 0.0168. The molecule has 2 heterocycles. The molecule has 3 rings (SSSR count). The topological polar surface area (TPSA) is 91.5 Å². The number of carbonyl (C=O) groups excluding carboxylic acids is 1. The van der Waals surface area contributed by atoms with E-state index in [1.165, 1.54) is 7.11 Å². The third-order valence-corrected chi connectivity index (χ3v) is 3.85. The molecule has 0 atom stereocenters. The molecule has 0 bridgehead atoms. The standard InChI is InChI=1S/C18H16F3N5O2/c1-28-16(22)12-5-6-26-14(9-23-15(26)8-12)11-3-2-4-13(7-11)25-17(27)24-10-18(19,20)21/h2-9,22H,10H2,1H3,(H2,24,25,27). The second-order valence-corrected chi connectivity index (χ2v) is 5.82. The number of imidazole rings is 1. The normalized spacial score (nSPS) is 11.3.